The van der Waals surface area contributed by atoms with E-state index in [0.29, 0.717) is 5.56 Å². The van der Waals surface area contributed by atoms with E-state index in [1.807, 2.05) is 30.3 Å². The zero-order valence-electron chi connectivity index (χ0n) is 17.3. The van der Waals surface area contributed by atoms with Crippen molar-refractivity contribution in [2.45, 2.75) is 32.6 Å². The molecule has 0 saturated carbocycles. The molecule has 0 spiro atoms. The van der Waals surface area contributed by atoms with E-state index in [1.54, 1.807) is 13.1 Å². The van der Waals surface area contributed by atoms with Gasteiger partial charge in [-0.3, -0.25) is 9.59 Å². The average Bonchev–Trinajstić information content (AvgIpc) is 3.01. The summed E-state index contributed by atoms with van der Waals surface area (Å²) >= 11 is 0. The lowest BCUT2D eigenvalue weighted by Gasteiger charge is -2.26. The van der Waals surface area contributed by atoms with Crippen LogP contribution in [0.3, 0.4) is 0 Å². The molecule has 0 aliphatic carbocycles. The molecule has 1 aliphatic heterocycles. The van der Waals surface area contributed by atoms with Crippen LogP contribution in [0.5, 0.6) is 0 Å². The molecule has 0 radical (unpaired) electrons. The summed E-state index contributed by atoms with van der Waals surface area (Å²) in [5, 5.41) is 5.67. The molecular weight excluding hydrogens is 362 g/mol. The minimum atomic E-state index is -0.148. The molecule has 1 aliphatic rings. The van der Waals surface area contributed by atoms with E-state index < -0.39 is 0 Å². The molecule has 1 heterocycles. The molecule has 1 fully saturated rings. The zero-order chi connectivity index (χ0) is 20.8. The van der Waals surface area contributed by atoms with Gasteiger partial charge in [0.05, 0.1) is 11.4 Å². The van der Waals surface area contributed by atoms with Crippen LogP contribution in [0.25, 0.3) is 5.57 Å². The van der Waals surface area contributed by atoms with Crippen LogP contribution in [0.4, 0.5) is 11.4 Å². The molecule has 2 aromatic carbocycles. The van der Waals surface area contributed by atoms with Gasteiger partial charge in [0.2, 0.25) is 5.91 Å². The first kappa shape index (κ1) is 20.6. The Morgan fingerprint density at radius 3 is 2.24 bits per heavy atom. The fraction of sp³-hybridized carbons (Fsp3) is 0.333. The number of hydrogen-bond acceptors (Lipinski definition) is 3. The minimum absolute atomic E-state index is 0.102. The second-order valence-corrected chi connectivity index (χ2v) is 7.42. The van der Waals surface area contributed by atoms with Gasteiger partial charge in [-0.25, -0.2) is 0 Å². The topological polar surface area (TPSA) is 61.4 Å². The molecule has 0 atom stereocenters. The van der Waals surface area contributed by atoms with Crippen LogP contribution in [-0.4, -0.2) is 32.0 Å². The van der Waals surface area contributed by atoms with Crippen molar-refractivity contribution in [3.63, 3.8) is 0 Å². The van der Waals surface area contributed by atoms with Crippen LogP contribution in [0.1, 0.15) is 54.1 Å². The van der Waals surface area contributed by atoms with E-state index in [4.69, 9.17) is 0 Å². The Kier molecular flexibility index (Phi) is 6.70. The smallest absolute Gasteiger partial charge is 0.251 e. The maximum Gasteiger partial charge on any atom is 0.251 e. The first-order chi connectivity index (χ1) is 14.0. The molecule has 29 heavy (non-hydrogen) atoms. The average molecular weight is 392 g/mol. The van der Waals surface area contributed by atoms with Crippen LogP contribution in [0, 0.1) is 0 Å². The molecule has 0 bridgehead atoms. The molecular formula is C24H29N3O2. The molecule has 152 valence electrons. The van der Waals surface area contributed by atoms with E-state index in [1.165, 1.54) is 19.8 Å². The Morgan fingerprint density at radius 1 is 0.966 bits per heavy atom. The van der Waals surface area contributed by atoms with Gasteiger partial charge in [-0.05, 0) is 47.7 Å². The summed E-state index contributed by atoms with van der Waals surface area (Å²) in [6, 6.07) is 13.5. The molecule has 5 heteroatoms. The van der Waals surface area contributed by atoms with Crippen molar-refractivity contribution in [1.29, 1.82) is 0 Å². The molecule has 2 N–H and O–H groups in total. The number of carbonyl (C=O) groups is 2. The summed E-state index contributed by atoms with van der Waals surface area (Å²) in [5.41, 5.74) is 4.82. The minimum Gasteiger partial charge on any atom is -0.370 e. The SMILES string of the molecule is C=C(c1ccc(N2CCCCCC2)c(NC(C)=O)c1)c1ccccc1C(=O)NC. The summed E-state index contributed by atoms with van der Waals surface area (Å²) in [5.74, 6) is -0.250. The molecule has 3 rings (SSSR count). The normalized spacial score (nSPS) is 14.1. The third-order valence-corrected chi connectivity index (χ3v) is 5.33. The third-order valence-electron chi connectivity index (χ3n) is 5.33. The van der Waals surface area contributed by atoms with Crippen molar-refractivity contribution in [3.8, 4) is 0 Å². The fourth-order valence-electron chi connectivity index (χ4n) is 3.84. The van der Waals surface area contributed by atoms with Gasteiger partial charge in [-0.15, -0.1) is 0 Å². The van der Waals surface area contributed by atoms with Crippen molar-refractivity contribution < 1.29 is 9.59 Å². The van der Waals surface area contributed by atoms with Crippen molar-refractivity contribution in [2.75, 3.05) is 30.4 Å². The lowest BCUT2D eigenvalue weighted by atomic mass is 9.94. The van der Waals surface area contributed by atoms with Crippen molar-refractivity contribution in [2.24, 2.45) is 0 Å². The summed E-state index contributed by atoms with van der Waals surface area (Å²) in [6.45, 7) is 7.75. The fourth-order valence-corrected chi connectivity index (χ4v) is 3.84. The van der Waals surface area contributed by atoms with Gasteiger partial charge in [0, 0.05) is 32.6 Å². The Morgan fingerprint density at radius 2 is 1.62 bits per heavy atom. The van der Waals surface area contributed by atoms with Crippen LogP contribution >= 0.6 is 0 Å². The standard InChI is InChI=1S/C24H29N3O2/c1-17(20-10-6-7-11-21(20)24(29)25-3)19-12-13-23(22(16-19)26-18(2)28)27-14-8-4-5-9-15-27/h6-7,10-13,16H,1,4-5,8-9,14-15H2,2-3H3,(H,25,29)(H,26,28). The number of anilines is 2. The molecule has 2 aromatic rings. The van der Waals surface area contributed by atoms with Gasteiger partial charge in [-0.1, -0.05) is 43.7 Å². The van der Waals surface area contributed by atoms with E-state index in [9.17, 15) is 9.59 Å². The zero-order valence-corrected chi connectivity index (χ0v) is 17.3. The monoisotopic (exact) mass is 391 g/mol. The predicted octanol–water partition coefficient (Wildman–Crippen LogP) is 4.45. The number of benzene rings is 2. The highest BCUT2D eigenvalue weighted by atomic mass is 16.2. The summed E-state index contributed by atoms with van der Waals surface area (Å²) in [6.07, 6.45) is 4.81. The number of nitrogens with zero attached hydrogens (tertiary/aromatic N) is 1. The summed E-state index contributed by atoms with van der Waals surface area (Å²) in [7, 11) is 1.62. The van der Waals surface area contributed by atoms with Gasteiger partial charge in [-0.2, -0.15) is 0 Å². The summed E-state index contributed by atoms with van der Waals surface area (Å²) in [4.78, 5) is 26.5. The second kappa shape index (κ2) is 9.41. The highest BCUT2D eigenvalue weighted by Crippen LogP contribution is 2.33. The largest absolute Gasteiger partial charge is 0.370 e. The van der Waals surface area contributed by atoms with Gasteiger partial charge < -0.3 is 15.5 Å². The quantitative estimate of drug-likeness (QED) is 0.792. The number of rotatable bonds is 5. The molecule has 5 nitrogen and oxygen atoms in total. The van der Waals surface area contributed by atoms with Gasteiger partial charge in [0.1, 0.15) is 0 Å². The van der Waals surface area contributed by atoms with Crippen LogP contribution < -0.4 is 15.5 Å². The molecule has 1 saturated heterocycles. The number of nitrogens with one attached hydrogen (secondary N) is 2. The molecule has 0 unspecified atom stereocenters. The highest BCUT2D eigenvalue weighted by molar-refractivity contribution is 6.01. The first-order valence-corrected chi connectivity index (χ1v) is 10.2. The second-order valence-electron chi connectivity index (χ2n) is 7.42. The van der Waals surface area contributed by atoms with E-state index in [-0.39, 0.29) is 11.8 Å². The molecule has 2 amide bonds. The Bertz CT molecular complexity index is 912. The van der Waals surface area contributed by atoms with E-state index in [2.05, 4.69) is 28.2 Å². The van der Waals surface area contributed by atoms with E-state index >= 15 is 0 Å². The number of amides is 2. The summed E-state index contributed by atoms with van der Waals surface area (Å²) < 4.78 is 0. The predicted molar refractivity (Wildman–Crippen MR) is 119 cm³/mol. The van der Waals surface area contributed by atoms with E-state index in [0.717, 1.165) is 54.0 Å². The lowest BCUT2D eigenvalue weighted by Crippen LogP contribution is -2.25. The highest BCUT2D eigenvalue weighted by Gasteiger charge is 2.18. The first-order valence-electron chi connectivity index (χ1n) is 10.2. The third kappa shape index (κ3) is 4.86. The van der Waals surface area contributed by atoms with Gasteiger partial charge in [0.15, 0.2) is 0 Å². The molecule has 0 aromatic heterocycles. The number of carbonyl (C=O) groups excluding carboxylic acids is 2. The lowest BCUT2D eigenvalue weighted by molar-refractivity contribution is -0.114. The van der Waals surface area contributed by atoms with Crippen LogP contribution in [0.2, 0.25) is 0 Å². The van der Waals surface area contributed by atoms with Crippen molar-refractivity contribution in [3.05, 3.63) is 65.7 Å². The maximum atomic E-state index is 12.3. The van der Waals surface area contributed by atoms with Crippen molar-refractivity contribution >= 4 is 28.8 Å². The van der Waals surface area contributed by atoms with Crippen molar-refractivity contribution in [1.82, 2.24) is 5.32 Å². The maximum absolute atomic E-state index is 12.3. The van der Waals surface area contributed by atoms with Gasteiger partial charge >= 0.3 is 0 Å². The Hall–Kier alpha value is -3.08. The Labute approximate surface area is 172 Å². The number of hydrogen-bond donors (Lipinski definition) is 2. The van der Waals surface area contributed by atoms with Crippen LogP contribution in [0.15, 0.2) is 49.0 Å². The van der Waals surface area contributed by atoms with Crippen LogP contribution in [-0.2, 0) is 4.79 Å². The van der Waals surface area contributed by atoms with Gasteiger partial charge in [0.25, 0.3) is 5.91 Å². The Balaban J connectivity index is 1.99.